The van der Waals surface area contributed by atoms with Gasteiger partial charge < -0.3 is 5.11 Å². The molecule has 8 nitrogen and oxygen atoms in total. The molecular weight excluding hydrogens is 284 g/mol. The van der Waals surface area contributed by atoms with Gasteiger partial charge >= 0.3 is 5.97 Å². The predicted octanol–water partition coefficient (Wildman–Crippen LogP) is 0.290. The second kappa shape index (κ2) is 5.39. The van der Waals surface area contributed by atoms with E-state index in [0.29, 0.717) is 5.56 Å². The topological polar surface area (TPSA) is 125 Å². The monoisotopic (exact) mass is 296 g/mol. The van der Waals surface area contributed by atoms with Gasteiger partial charge in [0.05, 0.1) is 6.20 Å². The Balaban J connectivity index is 2.17. The first kappa shape index (κ1) is 14.2. The van der Waals surface area contributed by atoms with Gasteiger partial charge in [-0.25, -0.2) is 17.9 Å². The molecule has 2 aromatic rings. The molecule has 0 aliphatic carbocycles. The van der Waals surface area contributed by atoms with Gasteiger partial charge in [0.2, 0.25) is 0 Å². The van der Waals surface area contributed by atoms with Crippen molar-refractivity contribution in [3.8, 4) is 0 Å². The molecule has 0 saturated carbocycles. The zero-order valence-corrected chi connectivity index (χ0v) is 11.3. The van der Waals surface area contributed by atoms with Crippen LogP contribution in [0.3, 0.4) is 0 Å². The summed E-state index contributed by atoms with van der Waals surface area (Å²) in [5, 5.41) is 14.0. The summed E-state index contributed by atoms with van der Waals surface area (Å²) in [5.41, 5.74) is 1.08. The minimum Gasteiger partial charge on any atom is -0.478 e. The maximum Gasteiger partial charge on any atom is 0.340 e. The summed E-state index contributed by atoms with van der Waals surface area (Å²) in [6.45, 7) is 1.82. The average molecular weight is 296 g/mol. The zero-order valence-electron chi connectivity index (χ0n) is 10.5. The van der Waals surface area contributed by atoms with Gasteiger partial charge in [0.1, 0.15) is 5.56 Å². The fourth-order valence-electron chi connectivity index (χ4n) is 1.49. The van der Waals surface area contributed by atoms with Crippen LogP contribution in [0.5, 0.6) is 0 Å². The Morgan fingerprint density at radius 1 is 1.40 bits per heavy atom. The summed E-state index contributed by atoms with van der Waals surface area (Å²) < 4.78 is 26.3. The van der Waals surface area contributed by atoms with Gasteiger partial charge in [-0.05, 0) is 18.6 Å². The minimum atomic E-state index is -3.98. The van der Waals surface area contributed by atoms with E-state index in [1.807, 2.05) is 6.92 Å². The molecule has 3 N–H and O–H groups in total. The van der Waals surface area contributed by atoms with E-state index in [0.717, 1.165) is 11.9 Å². The van der Waals surface area contributed by atoms with E-state index in [4.69, 9.17) is 5.11 Å². The Labute approximate surface area is 114 Å². The Hall–Kier alpha value is -2.26. The molecule has 0 aliphatic rings. The number of carbonyl (C=O) groups is 1. The summed E-state index contributed by atoms with van der Waals surface area (Å²) in [6, 6.07) is 3.48. The maximum atomic E-state index is 12.0. The number of carboxylic acids is 1. The van der Waals surface area contributed by atoms with Crippen molar-refractivity contribution in [1.29, 1.82) is 0 Å². The van der Waals surface area contributed by atoms with E-state index in [1.54, 1.807) is 18.3 Å². The molecule has 106 valence electrons. The van der Waals surface area contributed by atoms with Crippen LogP contribution in [-0.2, 0) is 16.6 Å². The van der Waals surface area contributed by atoms with Crippen LogP contribution in [-0.4, -0.2) is 34.7 Å². The molecule has 0 aromatic carbocycles. The van der Waals surface area contributed by atoms with Gasteiger partial charge in [-0.1, -0.05) is 6.07 Å². The lowest BCUT2D eigenvalue weighted by atomic mass is 10.2. The van der Waals surface area contributed by atoms with E-state index < -0.39 is 26.6 Å². The van der Waals surface area contributed by atoms with Crippen LogP contribution in [0, 0.1) is 6.92 Å². The highest BCUT2D eigenvalue weighted by Crippen LogP contribution is 2.12. The van der Waals surface area contributed by atoms with Gasteiger partial charge in [-0.15, -0.1) is 0 Å². The molecule has 9 heteroatoms. The molecule has 20 heavy (non-hydrogen) atoms. The van der Waals surface area contributed by atoms with Crippen LogP contribution in [0.1, 0.15) is 21.6 Å². The molecule has 2 heterocycles. The fourth-order valence-corrected chi connectivity index (χ4v) is 2.59. The van der Waals surface area contributed by atoms with Crippen LogP contribution >= 0.6 is 0 Å². The lowest BCUT2D eigenvalue weighted by Gasteiger charge is -2.05. The molecule has 2 rings (SSSR count). The molecule has 2 aromatic heterocycles. The SMILES string of the molecule is Cc1ccc(CNS(=O)(=O)c2[nH]ncc2C(=O)O)cn1. The standard InChI is InChI=1S/C11H12N4O4S/c1-7-2-3-8(4-12-7)5-14-20(18,19)10-9(11(16)17)6-13-15-10/h2-4,6,14H,5H2,1H3,(H,13,15)(H,16,17). The van der Waals surface area contributed by atoms with E-state index in [1.165, 1.54) is 0 Å². The van der Waals surface area contributed by atoms with Crippen LogP contribution in [0.15, 0.2) is 29.6 Å². The summed E-state index contributed by atoms with van der Waals surface area (Å²) in [4.78, 5) is 14.9. The highest BCUT2D eigenvalue weighted by Gasteiger charge is 2.24. The molecule has 0 atom stereocenters. The second-order valence-electron chi connectivity index (χ2n) is 4.05. The number of nitrogens with zero attached hydrogens (tertiary/aromatic N) is 2. The highest BCUT2D eigenvalue weighted by molar-refractivity contribution is 7.89. The first-order valence-corrected chi connectivity index (χ1v) is 7.06. The zero-order chi connectivity index (χ0) is 14.8. The second-order valence-corrected chi connectivity index (χ2v) is 5.75. The smallest absolute Gasteiger partial charge is 0.340 e. The third-order valence-corrected chi connectivity index (χ3v) is 3.92. The number of aromatic carboxylic acids is 1. The van der Waals surface area contributed by atoms with Crippen molar-refractivity contribution >= 4 is 16.0 Å². The quantitative estimate of drug-likeness (QED) is 0.728. The fraction of sp³-hybridized carbons (Fsp3) is 0.182. The summed E-state index contributed by atoms with van der Waals surface area (Å²) in [5.74, 6) is -1.36. The molecular formula is C11H12N4O4S. The maximum absolute atomic E-state index is 12.0. The minimum absolute atomic E-state index is 0.00763. The number of hydrogen-bond donors (Lipinski definition) is 3. The lowest BCUT2D eigenvalue weighted by molar-refractivity contribution is 0.0692. The number of sulfonamides is 1. The number of H-pyrrole nitrogens is 1. The Morgan fingerprint density at radius 3 is 2.75 bits per heavy atom. The van der Waals surface area contributed by atoms with Crippen molar-refractivity contribution < 1.29 is 18.3 Å². The van der Waals surface area contributed by atoms with Crippen molar-refractivity contribution in [1.82, 2.24) is 19.9 Å². The number of rotatable bonds is 5. The number of hydrogen-bond acceptors (Lipinski definition) is 5. The number of pyridine rings is 1. The van der Waals surface area contributed by atoms with Crippen LogP contribution < -0.4 is 4.72 Å². The number of aromatic amines is 1. The summed E-state index contributed by atoms with van der Waals surface area (Å²) >= 11 is 0. The van der Waals surface area contributed by atoms with E-state index in [-0.39, 0.29) is 6.54 Å². The Bertz CT molecular complexity index is 721. The van der Waals surface area contributed by atoms with E-state index in [2.05, 4.69) is 19.9 Å². The first-order chi connectivity index (χ1) is 9.40. The normalized spacial score (nSPS) is 11.4. The van der Waals surface area contributed by atoms with Gasteiger partial charge in [-0.2, -0.15) is 5.10 Å². The van der Waals surface area contributed by atoms with Gasteiger partial charge in [0.15, 0.2) is 5.03 Å². The molecule has 0 aliphatic heterocycles. The van der Waals surface area contributed by atoms with Crippen LogP contribution in [0.2, 0.25) is 0 Å². The van der Waals surface area contributed by atoms with Crippen molar-refractivity contribution in [2.75, 3.05) is 0 Å². The average Bonchev–Trinajstić information content (AvgIpc) is 2.88. The van der Waals surface area contributed by atoms with Gasteiger partial charge in [0, 0.05) is 18.4 Å². The Morgan fingerprint density at radius 2 is 2.15 bits per heavy atom. The number of aromatic nitrogens is 3. The molecule has 0 saturated heterocycles. The molecule has 0 unspecified atom stereocenters. The molecule has 0 spiro atoms. The van der Waals surface area contributed by atoms with Crippen molar-refractivity contribution in [2.24, 2.45) is 0 Å². The summed E-state index contributed by atoms with van der Waals surface area (Å²) in [6.07, 6.45) is 2.49. The molecule has 0 amide bonds. The van der Waals surface area contributed by atoms with Crippen LogP contribution in [0.4, 0.5) is 0 Å². The van der Waals surface area contributed by atoms with E-state index in [9.17, 15) is 13.2 Å². The molecule has 0 radical (unpaired) electrons. The predicted molar refractivity (Wildman–Crippen MR) is 68.5 cm³/mol. The van der Waals surface area contributed by atoms with Crippen molar-refractivity contribution in [3.63, 3.8) is 0 Å². The third kappa shape index (κ3) is 3.00. The number of aryl methyl sites for hydroxylation is 1. The van der Waals surface area contributed by atoms with Crippen molar-refractivity contribution in [2.45, 2.75) is 18.5 Å². The highest BCUT2D eigenvalue weighted by atomic mass is 32.2. The van der Waals surface area contributed by atoms with Crippen LogP contribution in [0.25, 0.3) is 0 Å². The van der Waals surface area contributed by atoms with Gasteiger partial charge in [-0.3, -0.25) is 10.1 Å². The third-order valence-electron chi connectivity index (χ3n) is 2.54. The van der Waals surface area contributed by atoms with Gasteiger partial charge in [0.25, 0.3) is 10.0 Å². The largest absolute Gasteiger partial charge is 0.478 e. The Kier molecular flexibility index (Phi) is 3.81. The van der Waals surface area contributed by atoms with Crippen molar-refractivity contribution in [3.05, 3.63) is 41.3 Å². The molecule has 0 bridgehead atoms. The number of nitrogens with one attached hydrogen (secondary N) is 2. The lowest BCUT2D eigenvalue weighted by Crippen LogP contribution is -2.25. The first-order valence-electron chi connectivity index (χ1n) is 5.58. The van der Waals surface area contributed by atoms with E-state index >= 15 is 0 Å². The summed E-state index contributed by atoms with van der Waals surface area (Å²) in [7, 11) is -3.98. The molecule has 0 fully saturated rings. The number of carboxylic acid groups (broad SMARTS) is 1.